The van der Waals surface area contributed by atoms with E-state index in [1.807, 2.05) is 24.3 Å². The van der Waals surface area contributed by atoms with Gasteiger partial charge in [-0.25, -0.2) is 0 Å². The van der Waals surface area contributed by atoms with E-state index in [1.165, 1.54) is 21.8 Å². The maximum absolute atomic E-state index is 5.84. The van der Waals surface area contributed by atoms with Crippen LogP contribution in [0.5, 0.6) is 11.5 Å². The smallest absolute Gasteiger partial charge is 0.119 e. The number of rotatable bonds is 7. The van der Waals surface area contributed by atoms with Crippen LogP contribution in [0, 0.1) is 0 Å². The maximum Gasteiger partial charge on any atom is 0.119 e. The molecule has 4 rings (SSSR count). The normalized spacial score (nSPS) is 11.1. The molecule has 132 valence electrons. The van der Waals surface area contributed by atoms with Crippen molar-refractivity contribution in [2.24, 2.45) is 0 Å². The van der Waals surface area contributed by atoms with E-state index in [0.717, 1.165) is 37.5 Å². The van der Waals surface area contributed by atoms with Crippen LogP contribution in [-0.4, -0.2) is 18.3 Å². The fraction of sp³-hybridized carbons (Fsp3) is 0.217. The van der Waals surface area contributed by atoms with Gasteiger partial charge in [-0.3, -0.25) is 0 Å². The molecule has 0 fully saturated rings. The maximum atomic E-state index is 5.84. The van der Waals surface area contributed by atoms with Crippen molar-refractivity contribution in [1.82, 2.24) is 4.57 Å². The molecule has 0 aliphatic carbocycles. The van der Waals surface area contributed by atoms with Gasteiger partial charge < -0.3 is 14.0 Å². The van der Waals surface area contributed by atoms with Gasteiger partial charge >= 0.3 is 0 Å². The molecule has 0 bridgehead atoms. The van der Waals surface area contributed by atoms with E-state index in [2.05, 4.69) is 53.1 Å². The minimum absolute atomic E-state index is 0.726. The van der Waals surface area contributed by atoms with E-state index in [0.29, 0.717) is 0 Å². The average molecular weight is 345 g/mol. The lowest BCUT2D eigenvalue weighted by Crippen LogP contribution is -2.02. The molecule has 3 nitrogen and oxygen atoms in total. The number of ether oxygens (including phenoxy) is 2. The molecule has 0 spiro atoms. The summed E-state index contributed by atoms with van der Waals surface area (Å²) in [7, 11) is 1.67. The summed E-state index contributed by atoms with van der Waals surface area (Å²) in [5, 5.41) is 2.66. The summed E-state index contributed by atoms with van der Waals surface area (Å²) in [5.74, 6) is 1.74. The molecule has 26 heavy (non-hydrogen) atoms. The van der Waals surface area contributed by atoms with Gasteiger partial charge in [0.25, 0.3) is 0 Å². The van der Waals surface area contributed by atoms with E-state index in [4.69, 9.17) is 9.47 Å². The number of hydrogen-bond donors (Lipinski definition) is 0. The third kappa shape index (κ3) is 3.25. The summed E-state index contributed by atoms with van der Waals surface area (Å²) in [6.07, 6.45) is 2.10. The third-order valence-electron chi connectivity index (χ3n) is 4.78. The van der Waals surface area contributed by atoms with Crippen LogP contribution in [0.25, 0.3) is 21.8 Å². The number of unbranched alkanes of at least 4 members (excludes halogenated alkanes) is 1. The Hall–Kier alpha value is -2.94. The predicted molar refractivity (Wildman–Crippen MR) is 107 cm³/mol. The number of fused-ring (bicyclic) bond motifs is 3. The van der Waals surface area contributed by atoms with Crippen LogP contribution in [-0.2, 0) is 6.54 Å². The van der Waals surface area contributed by atoms with Crippen molar-refractivity contribution in [3.05, 3.63) is 72.8 Å². The molecule has 0 aliphatic rings. The van der Waals surface area contributed by atoms with Crippen LogP contribution < -0.4 is 9.47 Å². The van der Waals surface area contributed by atoms with Gasteiger partial charge in [0.2, 0.25) is 0 Å². The molecule has 4 aromatic rings. The number of aromatic nitrogens is 1. The summed E-state index contributed by atoms with van der Waals surface area (Å²) >= 11 is 0. The molecule has 1 aromatic heterocycles. The van der Waals surface area contributed by atoms with Gasteiger partial charge in [-0.2, -0.15) is 0 Å². The Balaban J connectivity index is 1.40. The first-order valence-electron chi connectivity index (χ1n) is 9.09. The van der Waals surface area contributed by atoms with Gasteiger partial charge in [0.1, 0.15) is 11.5 Å². The van der Waals surface area contributed by atoms with Crippen molar-refractivity contribution < 1.29 is 9.47 Å². The molecule has 1 heterocycles. The van der Waals surface area contributed by atoms with E-state index in [1.54, 1.807) is 7.11 Å². The lowest BCUT2D eigenvalue weighted by Gasteiger charge is -2.09. The monoisotopic (exact) mass is 345 g/mol. The average Bonchev–Trinajstić information content (AvgIpc) is 3.02. The second-order valence-electron chi connectivity index (χ2n) is 6.42. The summed E-state index contributed by atoms with van der Waals surface area (Å²) < 4.78 is 13.4. The van der Waals surface area contributed by atoms with Gasteiger partial charge in [-0.05, 0) is 49.2 Å². The quantitative estimate of drug-likeness (QED) is 0.403. The largest absolute Gasteiger partial charge is 0.497 e. The predicted octanol–water partition coefficient (Wildman–Crippen LogP) is 5.66. The van der Waals surface area contributed by atoms with Crippen molar-refractivity contribution in [3.63, 3.8) is 0 Å². The first-order chi connectivity index (χ1) is 12.9. The fourth-order valence-electron chi connectivity index (χ4n) is 3.48. The van der Waals surface area contributed by atoms with Crippen LogP contribution in [0.4, 0.5) is 0 Å². The molecule has 0 saturated carbocycles. The second kappa shape index (κ2) is 7.52. The van der Waals surface area contributed by atoms with E-state index in [-0.39, 0.29) is 0 Å². The summed E-state index contributed by atoms with van der Waals surface area (Å²) in [6, 6.07) is 25.0. The van der Waals surface area contributed by atoms with Crippen molar-refractivity contribution in [1.29, 1.82) is 0 Å². The molecular formula is C23H23NO2. The Morgan fingerprint density at radius 3 is 1.88 bits per heavy atom. The highest BCUT2D eigenvalue weighted by Gasteiger charge is 2.08. The Morgan fingerprint density at radius 1 is 0.692 bits per heavy atom. The topological polar surface area (TPSA) is 23.4 Å². The van der Waals surface area contributed by atoms with E-state index >= 15 is 0 Å². The minimum atomic E-state index is 0.726. The van der Waals surface area contributed by atoms with E-state index in [9.17, 15) is 0 Å². The van der Waals surface area contributed by atoms with Crippen molar-refractivity contribution in [3.8, 4) is 11.5 Å². The lowest BCUT2D eigenvalue weighted by molar-refractivity contribution is 0.303. The number of hydrogen-bond acceptors (Lipinski definition) is 2. The van der Waals surface area contributed by atoms with Crippen LogP contribution in [0.1, 0.15) is 12.8 Å². The van der Waals surface area contributed by atoms with Crippen LogP contribution in [0.3, 0.4) is 0 Å². The number of methoxy groups -OCH3 is 1. The van der Waals surface area contributed by atoms with Crippen molar-refractivity contribution >= 4 is 21.8 Å². The molecule has 0 N–H and O–H groups in total. The van der Waals surface area contributed by atoms with Gasteiger partial charge in [-0.1, -0.05) is 36.4 Å². The molecule has 0 saturated heterocycles. The number of aryl methyl sites for hydroxylation is 1. The lowest BCUT2D eigenvalue weighted by atomic mass is 10.2. The Labute approximate surface area is 153 Å². The minimum Gasteiger partial charge on any atom is -0.497 e. The zero-order valence-corrected chi connectivity index (χ0v) is 15.0. The number of para-hydroxylation sites is 2. The molecule has 0 atom stereocenters. The number of benzene rings is 3. The molecular weight excluding hydrogens is 322 g/mol. The van der Waals surface area contributed by atoms with Crippen LogP contribution in [0.2, 0.25) is 0 Å². The van der Waals surface area contributed by atoms with Crippen molar-refractivity contribution in [2.45, 2.75) is 19.4 Å². The third-order valence-corrected chi connectivity index (χ3v) is 4.78. The second-order valence-corrected chi connectivity index (χ2v) is 6.42. The first kappa shape index (κ1) is 16.5. The first-order valence-corrected chi connectivity index (χ1v) is 9.09. The molecule has 3 heteroatoms. The molecule has 0 amide bonds. The Bertz CT molecular complexity index is 949. The molecule has 0 unspecified atom stereocenters. The SMILES string of the molecule is COc1ccc(OCCCCn2c3ccccc3c3ccccc32)cc1. The van der Waals surface area contributed by atoms with Gasteiger partial charge in [0.15, 0.2) is 0 Å². The van der Waals surface area contributed by atoms with E-state index < -0.39 is 0 Å². The standard InChI is InChI=1S/C23H23NO2/c1-25-18-12-14-19(15-13-18)26-17-7-6-16-24-22-10-4-2-8-20(22)21-9-3-5-11-23(21)24/h2-5,8-15H,6-7,16-17H2,1H3. The highest BCUT2D eigenvalue weighted by molar-refractivity contribution is 6.07. The summed E-state index contributed by atoms with van der Waals surface area (Å²) in [6.45, 7) is 1.73. The fourth-order valence-corrected chi connectivity index (χ4v) is 3.48. The summed E-state index contributed by atoms with van der Waals surface area (Å²) in [4.78, 5) is 0. The molecule has 0 radical (unpaired) electrons. The van der Waals surface area contributed by atoms with Gasteiger partial charge in [0.05, 0.1) is 13.7 Å². The molecule has 3 aromatic carbocycles. The Morgan fingerprint density at radius 2 is 1.27 bits per heavy atom. The van der Waals surface area contributed by atoms with Crippen LogP contribution in [0.15, 0.2) is 72.8 Å². The highest BCUT2D eigenvalue weighted by atomic mass is 16.5. The highest BCUT2D eigenvalue weighted by Crippen LogP contribution is 2.29. The van der Waals surface area contributed by atoms with Gasteiger partial charge in [-0.15, -0.1) is 0 Å². The summed E-state index contributed by atoms with van der Waals surface area (Å²) in [5.41, 5.74) is 2.62. The molecule has 0 aliphatic heterocycles. The Kier molecular flexibility index (Phi) is 4.78. The van der Waals surface area contributed by atoms with Crippen LogP contribution >= 0.6 is 0 Å². The zero-order chi connectivity index (χ0) is 17.8. The van der Waals surface area contributed by atoms with Crippen molar-refractivity contribution in [2.75, 3.05) is 13.7 Å². The number of nitrogens with zero attached hydrogens (tertiary/aromatic N) is 1. The zero-order valence-electron chi connectivity index (χ0n) is 15.0. The van der Waals surface area contributed by atoms with Gasteiger partial charge in [0, 0.05) is 28.4 Å².